The zero-order valence-electron chi connectivity index (χ0n) is 24.2. The molecular formula is C31H54FN3O. The molecule has 0 amide bonds. The van der Waals surface area contributed by atoms with Gasteiger partial charge in [0.25, 0.3) is 0 Å². The number of alkyl halides is 1. The molecule has 1 fully saturated rings. The van der Waals surface area contributed by atoms with Gasteiger partial charge in [-0.3, -0.25) is 0 Å². The highest BCUT2D eigenvalue weighted by molar-refractivity contribution is 5.49. The summed E-state index contributed by atoms with van der Waals surface area (Å²) in [6, 6.07) is 0.170. The molecule has 3 N–H and O–H groups in total. The van der Waals surface area contributed by atoms with Gasteiger partial charge in [0, 0.05) is 25.2 Å². The van der Waals surface area contributed by atoms with Crippen molar-refractivity contribution in [2.24, 2.45) is 0 Å². The number of nitrogens with one attached hydrogen (secondary N) is 2. The average molecular weight is 504 g/mol. The predicted molar refractivity (Wildman–Crippen MR) is 161 cm³/mol. The first-order chi connectivity index (χ1) is 17.4. The summed E-state index contributed by atoms with van der Waals surface area (Å²) in [7, 11) is 1.76. The number of allylic oxidation sites excluding steroid dienone is 5. The minimum Gasteiger partial charge on any atom is -0.375 e. The fourth-order valence-electron chi connectivity index (χ4n) is 3.34. The van der Waals surface area contributed by atoms with Crippen LogP contribution in [0.1, 0.15) is 60.8 Å². The van der Waals surface area contributed by atoms with Crippen molar-refractivity contribution in [3.8, 4) is 0 Å². The summed E-state index contributed by atoms with van der Waals surface area (Å²) in [6.07, 6.45) is 15.5. The SMILES string of the molecule is C=C/C=C\C(=C)C1=C[C@@](O)(/C(C=C)=C/C=C)N(C(=C)NC)C1.CC.CC.CC.FCC1CCCCN1. The molecule has 0 saturated carbocycles. The molecule has 0 radical (unpaired) electrons. The van der Waals surface area contributed by atoms with Crippen molar-refractivity contribution in [1.29, 1.82) is 0 Å². The Balaban J connectivity index is -0.000000642. The van der Waals surface area contributed by atoms with E-state index < -0.39 is 5.72 Å². The van der Waals surface area contributed by atoms with Gasteiger partial charge in [-0.2, -0.15) is 0 Å². The lowest BCUT2D eigenvalue weighted by molar-refractivity contribution is 0.00325. The van der Waals surface area contributed by atoms with Gasteiger partial charge in [0.2, 0.25) is 0 Å². The maximum Gasteiger partial charge on any atom is 0.186 e. The Morgan fingerprint density at radius 2 is 1.75 bits per heavy atom. The molecule has 2 aliphatic rings. The number of piperidine rings is 1. The van der Waals surface area contributed by atoms with Crippen molar-refractivity contribution in [1.82, 2.24) is 15.5 Å². The zero-order valence-corrected chi connectivity index (χ0v) is 24.2. The molecule has 0 aromatic carbocycles. The first-order valence-corrected chi connectivity index (χ1v) is 13.2. The first-order valence-electron chi connectivity index (χ1n) is 13.2. The third kappa shape index (κ3) is 12.9. The quantitative estimate of drug-likeness (QED) is 0.287. The number of hydrogen-bond donors (Lipinski definition) is 3. The van der Waals surface area contributed by atoms with Crippen molar-refractivity contribution in [3.05, 3.63) is 98.0 Å². The standard InChI is InChI=1S/C19H24N2O.C6H12FN.3C2H6/c1-7-10-12-15(4)17-13-19(22,18(9-3)11-8-2)21(14-17)16(5)20-6;7-5-6-3-1-2-4-8-6;3*1-2/h7-13,20,22H,1-5,14H2,6H3;6,8H,1-5H2;3*1-2H3/b12-10-,18-11+;;;;/t19-;;;;/m1..../s1. The van der Waals surface area contributed by atoms with Crippen LogP contribution in [0.3, 0.4) is 0 Å². The lowest BCUT2D eigenvalue weighted by atomic mass is 10.00. The second kappa shape index (κ2) is 24.1. The fraction of sp³-hybridized carbons (Fsp3) is 0.484. The van der Waals surface area contributed by atoms with Crippen LogP contribution in [0.2, 0.25) is 0 Å². The summed E-state index contributed by atoms with van der Waals surface area (Å²) < 4.78 is 11.8. The first kappa shape index (κ1) is 37.9. The molecule has 4 nitrogen and oxygen atoms in total. The van der Waals surface area contributed by atoms with E-state index in [1.54, 1.807) is 42.3 Å². The molecule has 2 aliphatic heterocycles. The highest BCUT2D eigenvalue weighted by Gasteiger charge is 2.41. The largest absolute Gasteiger partial charge is 0.375 e. The summed E-state index contributed by atoms with van der Waals surface area (Å²) in [6.45, 7) is 32.4. The van der Waals surface area contributed by atoms with Crippen LogP contribution < -0.4 is 10.6 Å². The van der Waals surface area contributed by atoms with Crippen molar-refractivity contribution in [3.63, 3.8) is 0 Å². The second-order valence-electron chi connectivity index (χ2n) is 7.16. The van der Waals surface area contributed by atoms with Crippen molar-refractivity contribution in [2.75, 3.05) is 26.8 Å². The molecular weight excluding hydrogens is 449 g/mol. The topological polar surface area (TPSA) is 47.5 Å². The van der Waals surface area contributed by atoms with Gasteiger partial charge in [-0.15, -0.1) is 0 Å². The van der Waals surface area contributed by atoms with Crippen molar-refractivity contribution >= 4 is 0 Å². The zero-order chi connectivity index (χ0) is 28.6. The highest BCUT2D eigenvalue weighted by Crippen LogP contribution is 2.36. The van der Waals surface area contributed by atoms with Gasteiger partial charge in [-0.1, -0.05) is 117 Å². The molecule has 206 valence electrons. The van der Waals surface area contributed by atoms with Crippen LogP contribution in [0.4, 0.5) is 4.39 Å². The van der Waals surface area contributed by atoms with E-state index in [9.17, 15) is 9.50 Å². The summed E-state index contributed by atoms with van der Waals surface area (Å²) >= 11 is 0. The Kier molecular flexibility index (Phi) is 25.4. The van der Waals surface area contributed by atoms with Crippen LogP contribution >= 0.6 is 0 Å². The molecule has 1 unspecified atom stereocenters. The normalized spacial score (nSPS) is 20.4. The molecule has 0 aromatic rings. The maximum absolute atomic E-state index is 11.8. The molecule has 2 atom stereocenters. The van der Waals surface area contributed by atoms with E-state index in [2.05, 4.69) is 43.5 Å². The molecule has 2 rings (SSSR count). The number of halogens is 1. The van der Waals surface area contributed by atoms with Gasteiger partial charge in [0.1, 0.15) is 6.67 Å². The number of nitrogens with zero attached hydrogens (tertiary/aromatic N) is 1. The molecule has 5 heteroatoms. The van der Waals surface area contributed by atoms with Crippen molar-refractivity contribution in [2.45, 2.75) is 72.6 Å². The average Bonchev–Trinajstić information content (AvgIpc) is 3.32. The van der Waals surface area contributed by atoms with E-state index in [-0.39, 0.29) is 12.7 Å². The Morgan fingerprint density at radius 1 is 1.14 bits per heavy atom. The Bertz CT molecular complexity index is 730. The number of hydrogen-bond acceptors (Lipinski definition) is 4. The van der Waals surface area contributed by atoms with Crippen LogP contribution in [0, 0.1) is 0 Å². The van der Waals surface area contributed by atoms with Gasteiger partial charge in [-0.05, 0) is 36.6 Å². The monoisotopic (exact) mass is 503 g/mol. The van der Waals surface area contributed by atoms with Gasteiger partial charge >= 0.3 is 0 Å². The summed E-state index contributed by atoms with van der Waals surface area (Å²) in [5.41, 5.74) is 1.01. The maximum atomic E-state index is 11.8. The lowest BCUT2D eigenvalue weighted by Gasteiger charge is -2.36. The van der Waals surface area contributed by atoms with Gasteiger partial charge in [0.15, 0.2) is 5.72 Å². The van der Waals surface area contributed by atoms with Crippen LogP contribution in [0.25, 0.3) is 0 Å². The Hall–Kier alpha value is -2.63. The van der Waals surface area contributed by atoms with Crippen LogP contribution in [-0.4, -0.2) is 48.6 Å². The summed E-state index contributed by atoms with van der Waals surface area (Å²) in [4.78, 5) is 1.76. The van der Waals surface area contributed by atoms with E-state index >= 15 is 0 Å². The summed E-state index contributed by atoms with van der Waals surface area (Å²) in [5.74, 6) is 0.603. The number of aliphatic hydroxyl groups is 1. The van der Waals surface area contributed by atoms with E-state index in [4.69, 9.17) is 0 Å². The Morgan fingerprint density at radius 3 is 2.14 bits per heavy atom. The summed E-state index contributed by atoms with van der Waals surface area (Å²) in [5, 5.41) is 17.2. The molecule has 0 bridgehead atoms. The van der Waals surface area contributed by atoms with E-state index in [1.165, 1.54) is 12.8 Å². The molecule has 36 heavy (non-hydrogen) atoms. The van der Waals surface area contributed by atoms with Gasteiger partial charge in [0.05, 0.1) is 5.82 Å². The van der Waals surface area contributed by atoms with Crippen LogP contribution in [-0.2, 0) is 0 Å². The predicted octanol–water partition coefficient (Wildman–Crippen LogP) is 7.38. The fourth-order valence-corrected chi connectivity index (χ4v) is 3.34. The molecule has 0 aliphatic carbocycles. The third-order valence-electron chi connectivity index (χ3n) is 5.12. The highest BCUT2D eigenvalue weighted by atomic mass is 19.1. The molecule has 0 aromatic heterocycles. The minimum absolute atomic E-state index is 0.170. The third-order valence-corrected chi connectivity index (χ3v) is 5.12. The smallest absolute Gasteiger partial charge is 0.186 e. The second-order valence-corrected chi connectivity index (χ2v) is 7.16. The van der Waals surface area contributed by atoms with Gasteiger partial charge in [-0.25, -0.2) is 4.39 Å². The molecule has 0 spiro atoms. The molecule has 1 saturated heterocycles. The Labute approximate surface area is 222 Å². The van der Waals surface area contributed by atoms with E-state index in [0.717, 1.165) is 24.1 Å². The van der Waals surface area contributed by atoms with Crippen molar-refractivity contribution < 1.29 is 9.50 Å². The van der Waals surface area contributed by atoms with E-state index in [1.807, 2.05) is 53.7 Å². The molecule has 2 heterocycles. The lowest BCUT2D eigenvalue weighted by Crippen LogP contribution is -2.46. The van der Waals surface area contributed by atoms with Crippen LogP contribution in [0.5, 0.6) is 0 Å². The number of rotatable bonds is 9. The van der Waals surface area contributed by atoms with Gasteiger partial charge < -0.3 is 20.6 Å². The minimum atomic E-state index is -1.34. The van der Waals surface area contributed by atoms with E-state index in [0.29, 0.717) is 17.9 Å². The van der Waals surface area contributed by atoms with Crippen LogP contribution in [0.15, 0.2) is 98.0 Å².